The van der Waals surface area contributed by atoms with Crippen LogP contribution in [-0.4, -0.2) is 107 Å². The molecule has 0 unspecified atom stereocenters. The molecule has 4 aliphatic rings. The van der Waals surface area contributed by atoms with Crippen molar-refractivity contribution in [3.63, 3.8) is 0 Å². The van der Waals surface area contributed by atoms with E-state index in [0.717, 1.165) is 11.1 Å². The number of fused-ring (bicyclic) bond motifs is 3. The van der Waals surface area contributed by atoms with E-state index in [1.807, 2.05) is 13.0 Å². The molecule has 2 aliphatic heterocycles. The molecule has 16 nitrogen and oxygen atoms in total. The number of ether oxygens (including phenoxy) is 3. The summed E-state index contributed by atoms with van der Waals surface area (Å²) in [5, 5.41) is 15.5. The van der Waals surface area contributed by atoms with Crippen LogP contribution in [0.1, 0.15) is 96.3 Å². The van der Waals surface area contributed by atoms with Gasteiger partial charge in [0.15, 0.2) is 0 Å². The van der Waals surface area contributed by atoms with Crippen LogP contribution in [0.3, 0.4) is 0 Å². The maximum atomic E-state index is 14.9. The second-order valence-electron chi connectivity index (χ2n) is 17.4. The van der Waals surface area contributed by atoms with E-state index in [2.05, 4.69) is 20.3 Å². The molecule has 1 aromatic carbocycles. The minimum Gasteiger partial charge on any atom is -0.497 e. The standard InChI is InChI=1S/C41H52F3N5O11S/c1-7-23-16-22(2)10-8-9-11-24-19-40(24,36(54)48-61(56,57)39(5)14-15-39)47-32(50)30-18-26(21-49(30)34(51)31(23)46-37(55)60-38(3,4)41(42,43)44)59-33-27-13-12-25(58-6)17-28(27)29(20-45-33)35(52)53/h9,11-13,17,20,22-24,26,30-31H,7-8,10,14-16,18-19,21H2,1-6H3,(H,46,55)(H,47,50)(H,48,54)(H,52,53)/t22-,23-,24-,26-,30+,31+,40-/m1/s1. The van der Waals surface area contributed by atoms with E-state index in [-0.39, 0.29) is 53.9 Å². The fourth-order valence-corrected chi connectivity index (χ4v) is 9.32. The normalized spacial score (nSPS) is 28.0. The summed E-state index contributed by atoms with van der Waals surface area (Å²) < 4.78 is 85.4. The van der Waals surface area contributed by atoms with E-state index < -0.39 is 91.9 Å². The summed E-state index contributed by atoms with van der Waals surface area (Å²) in [5.74, 6) is -4.90. The number of methoxy groups -OCH3 is 1. The van der Waals surface area contributed by atoms with Gasteiger partial charge in [0, 0.05) is 29.3 Å². The predicted molar refractivity (Wildman–Crippen MR) is 213 cm³/mol. The van der Waals surface area contributed by atoms with Gasteiger partial charge in [0.2, 0.25) is 33.3 Å². The molecule has 0 spiro atoms. The van der Waals surface area contributed by atoms with E-state index in [0.29, 0.717) is 51.7 Å². The van der Waals surface area contributed by atoms with Gasteiger partial charge in [-0.25, -0.2) is 23.0 Å². The van der Waals surface area contributed by atoms with Crippen LogP contribution in [0.4, 0.5) is 18.0 Å². The van der Waals surface area contributed by atoms with Crippen LogP contribution in [0.15, 0.2) is 36.5 Å². The number of hydrogen-bond donors (Lipinski definition) is 4. The van der Waals surface area contributed by atoms with Crippen molar-refractivity contribution in [2.45, 2.75) is 126 Å². The number of aromatic carboxylic acids is 1. The number of carboxylic acids is 1. The maximum Gasteiger partial charge on any atom is 0.427 e. The Labute approximate surface area is 351 Å². The summed E-state index contributed by atoms with van der Waals surface area (Å²) in [7, 11) is -2.71. The Hall–Kier alpha value is -5.14. The zero-order valence-corrected chi connectivity index (χ0v) is 35.6. The molecule has 0 radical (unpaired) electrons. The zero-order chi connectivity index (χ0) is 44.9. The number of allylic oxidation sites excluding steroid dienone is 1. The van der Waals surface area contributed by atoms with E-state index >= 15 is 0 Å². The van der Waals surface area contributed by atoms with Gasteiger partial charge in [-0.05, 0) is 89.3 Å². The molecule has 3 heterocycles. The monoisotopic (exact) mass is 879 g/mol. The lowest BCUT2D eigenvalue weighted by atomic mass is 9.85. The highest BCUT2D eigenvalue weighted by Crippen LogP contribution is 2.48. The summed E-state index contributed by atoms with van der Waals surface area (Å²) in [6.45, 7) is 6.22. The van der Waals surface area contributed by atoms with Crippen LogP contribution in [-0.2, 0) is 29.1 Å². The molecule has 4 amide bonds. The number of pyridine rings is 1. The summed E-state index contributed by atoms with van der Waals surface area (Å²) in [6, 6.07) is 1.68. The first kappa shape index (κ1) is 45.4. The fourth-order valence-electron chi connectivity index (χ4n) is 8.01. The molecule has 2 aliphatic carbocycles. The van der Waals surface area contributed by atoms with E-state index in [4.69, 9.17) is 14.2 Å². The quantitative estimate of drug-likeness (QED) is 0.232. The summed E-state index contributed by atoms with van der Waals surface area (Å²) in [6.07, 6.45) is -0.522. The second-order valence-corrected chi connectivity index (χ2v) is 19.6. The Bertz CT molecular complexity index is 2230. The van der Waals surface area contributed by atoms with Gasteiger partial charge in [-0.15, -0.1) is 0 Å². The SMILES string of the molecule is CC[C@@H]1C[C@H](C)CCC=C[C@@H]2C[C@@]2(C(=O)NS(=O)(=O)C2(C)CC2)NC(=O)[C@@H]2C[C@@H](Oc3ncc(C(=O)O)c4cc(OC)ccc34)CN2C(=O)[C@H]1NC(=O)OC(C)(C)C(F)(F)F. The van der Waals surface area contributed by atoms with Crippen molar-refractivity contribution < 1.29 is 64.9 Å². The predicted octanol–water partition coefficient (Wildman–Crippen LogP) is 5.00. The Balaban J connectivity index is 1.39. The number of amides is 4. The van der Waals surface area contributed by atoms with Crippen LogP contribution in [0.5, 0.6) is 11.6 Å². The Morgan fingerprint density at radius 1 is 1.11 bits per heavy atom. The molecule has 3 fully saturated rings. The first-order valence-electron chi connectivity index (χ1n) is 20.2. The first-order valence-corrected chi connectivity index (χ1v) is 21.7. The number of nitrogens with one attached hydrogen (secondary N) is 3. The lowest BCUT2D eigenvalue weighted by Gasteiger charge is -2.35. The van der Waals surface area contributed by atoms with Gasteiger partial charge in [-0.1, -0.05) is 32.4 Å². The molecule has 6 rings (SSSR count). The third-order valence-electron chi connectivity index (χ3n) is 12.5. The number of alkyl carbamates (subject to hydrolysis) is 1. The summed E-state index contributed by atoms with van der Waals surface area (Å²) in [4.78, 5) is 74.2. The molecule has 4 N–H and O–H groups in total. The smallest absolute Gasteiger partial charge is 0.427 e. The molecule has 1 aromatic heterocycles. The van der Waals surface area contributed by atoms with Gasteiger partial charge >= 0.3 is 18.2 Å². The largest absolute Gasteiger partial charge is 0.497 e. The number of hydrogen-bond acceptors (Lipinski definition) is 11. The molecule has 334 valence electrons. The van der Waals surface area contributed by atoms with Gasteiger partial charge in [0.1, 0.15) is 29.5 Å². The third-order valence-corrected chi connectivity index (χ3v) is 14.6. The maximum absolute atomic E-state index is 14.9. The van der Waals surface area contributed by atoms with Crippen molar-refractivity contribution in [3.8, 4) is 11.6 Å². The molecule has 2 aromatic rings. The van der Waals surface area contributed by atoms with Crippen LogP contribution in [0.25, 0.3) is 10.8 Å². The number of carboxylic acid groups (broad SMARTS) is 1. The Kier molecular flexibility index (Phi) is 12.4. The van der Waals surface area contributed by atoms with Gasteiger partial charge in [-0.3, -0.25) is 19.1 Å². The van der Waals surface area contributed by atoms with Crippen molar-refractivity contribution in [3.05, 3.63) is 42.1 Å². The fraction of sp³-hybridized carbons (Fsp3) is 0.610. The van der Waals surface area contributed by atoms with Crippen LogP contribution in [0.2, 0.25) is 0 Å². The van der Waals surface area contributed by atoms with Gasteiger partial charge in [0.05, 0.1) is 24.0 Å². The number of alkyl halides is 3. The summed E-state index contributed by atoms with van der Waals surface area (Å²) in [5.41, 5.74) is -4.78. The van der Waals surface area contributed by atoms with Gasteiger partial charge < -0.3 is 34.9 Å². The number of carbonyl (C=O) groups is 5. The number of nitrogens with zero attached hydrogens (tertiary/aromatic N) is 2. The van der Waals surface area contributed by atoms with Crippen molar-refractivity contribution >= 4 is 50.6 Å². The van der Waals surface area contributed by atoms with Gasteiger partial charge in [0.25, 0.3) is 5.91 Å². The number of carbonyl (C=O) groups excluding carboxylic acids is 4. The van der Waals surface area contributed by atoms with Crippen molar-refractivity contribution in [1.29, 1.82) is 0 Å². The lowest BCUT2D eigenvalue weighted by molar-refractivity contribution is -0.244. The van der Waals surface area contributed by atoms with Gasteiger partial charge in [-0.2, -0.15) is 13.2 Å². The summed E-state index contributed by atoms with van der Waals surface area (Å²) >= 11 is 0. The first-order chi connectivity index (χ1) is 28.5. The average Bonchev–Trinajstić information content (AvgIpc) is 4.06. The molecule has 1 saturated heterocycles. The number of sulfonamides is 1. The number of benzene rings is 1. The zero-order valence-electron chi connectivity index (χ0n) is 34.8. The lowest BCUT2D eigenvalue weighted by Crippen LogP contribution is -2.60. The average molecular weight is 880 g/mol. The Morgan fingerprint density at radius 3 is 2.44 bits per heavy atom. The molecule has 20 heteroatoms. The number of halogens is 3. The number of rotatable bonds is 10. The van der Waals surface area contributed by atoms with Crippen LogP contribution < -0.4 is 24.8 Å². The second kappa shape index (κ2) is 16.6. The van der Waals surface area contributed by atoms with E-state index in [1.54, 1.807) is 19.1 Å². The van der Waals surface area contributed by atoms with Crippen molar-refractivity contribution in [2.75, 3.05) is 13.7 Å². The topological polar surface area (TPSA) is 220 Å². The van der Waals surface area contributed by atoms with E-state index in [1.165, 1.54) is 26.2 Å². The van der Waals surface area contributed by atoms with Crippen LogP contribution in [0, 0.1) is 17.8 Å². The highest BCUT2D eigenvalue weighted by molar-refractivity contribution is 7.91. The third kappa shape index (κ3) is 9.23. The van der Waals surface area contributed by atoms with E-state index in [9.17, 15) is 50.7 Å². The molecule has 7 atom stereocenters. The molecular formula is C41H52F3N5O11S. The minimum atomic E-state index is -4.95. The molecule has 61 heavy (non-hydrogen) atoms. The minimum absolute atomic E-state index is 0.0434. The number of aromatic nitrogens is 1. The molecule has 0 bridgehead atoms. The van der Waals surface area contributed by atoms with Crippen LogP contribution >= 0.6 is 0 Å². The highest BCUT2D eigenvalue weighted by Gasteiger charge is 2.63. The highest BCUT2D eigenvalue weighted by atomic mass is 32.2. The molecule has 2 saturated carbocycles. The Morgan fingerprint density at radius 2 is 1.82 bits per heavy atom. The molecular weight excluding hydrogens is 828 g/mol. The van der Waals surface area contributed by atoms with Crippen molar-refractivity contribution in [2.24, 2.45) is 17.8 Å². The van der Waals surface area contributed by atoms with Crippen molar-refractivity contribution in [1.82, 2.24) is 25.2 Å².